The molecule has 39 heavy (non-hydrogen) atoms. The number of fused-ring (bicyclic) bond motifs is 7. The van der Waals surface area contributed by atoms with E-state index in [1.807, 2.05) is 13.0 Å². The van der Waals surface area contributed by atoms with Crippen molar-refractivity contribution in [1.82, 2.24) is 5.32 Å². The number of rotatable bonds is 4. The minimum absolute atomic E-state index is 0.0317. The van der Waals surface area contributed by atoms with Crippen LogP contribution in [0.15, 0.2) is 11.6 Å². The first-order valence-electron chi connectivity index (χ1n) is 15.7. The lowest BCUT2D eigenvalue weighted by molar-refractivity contribution is -0.218. The molecule has 0 aromatic carbocycles. The molecule has 1 amide bonds. The van der Waals surface area contributed by atoms with Gasteiger partial charge in [-0.1, -0.05) is 61.0 Å². The summed E-state index contributed by atoms with van der Waals surface area (Å²) in [5.74, 6) is 0.496. The van der Waals surface area contributed by atoms with Crippen molar-refractivity contribution < 1.29 is 14.4 Å². The Bertz CT molecular complexity index is 1150. The van der Waals surface area contributed by atoms with Crippen molar-refractivity contribution in [2.24, 2.45) is 56.7 Å². The molecular weight excluding hydrogens is 484 g/mol. The van der Waals surface area contributed by atoms with Gasteiger partial charge in [0.25, 0.3) is 0 Å². The van der Waals surface area contributed by atoms with E-state index in [1.165, 1.54) is 0 Å². The molecule has 3 unspecified atom stereocenters. The van der Waals surface area contributed by atoms with Crippen LogP contribution in [0.5, 0.6) is 0 Å². The van der Waals surface area contributed by atoms with Crippen LogP contribution in [0.1, 0.15) is 113 Å². The molecule has 1 N–H and O–H groups in total. The number of Topliss-reactive ketones (excluding diaryl/α,β-unsaturated/α-hetero) is 2. The summed E-state index contributed by atoms with van der Waals surface area (Å²) in [6, 6.07) is 2.19. The molecule has 0 aliphatic heterocycles. The van der Waals surface area contributed by atoms with E-state index in [0.29, 0.717) is 18.7 Å². The number of hydrogen-bond acceptors (Lipinski definition) is 4. The summed E-state index contributed by atoms with van der Waals surface area (Å²) < 4.78 is 0. The number of carbonyl (C=O) groups excluding carboxylic acids is 3. The Balaban J connectivity index is 1.58. The van der Waals surface area contributed by atoms with Crippen molar-refractivity contribution in [3.8, 4) is 6.07 Å². The summed E-state index contributed by atoms with van der Waals surface area (Å²) in [6.45, 7) is 16.5. The molecule has 4 fully saturated rings. The number of carbonyl (C=O) groups is 3. The maximum atomic E-state index is 14.6. The Kier molecular flexibility index (Phi) is 6.80. The molecule has 5 aliphatic carbocycles. The maximum absolute atomic E-state index is 14.6. The van der Waals surface area contributed by atoms with Gasteiger partial charge in [0.15, 0.2) is 5.78 Å². The van der Waals surface area contributed by atoms with E-state index in [9.17, 15) is 19.6 Å². The second kappa shape index (κ2) is 9.28. The van der Waals surface area contributed by atoms with Crippen LogP contribution in [-0.2, 0) is 14.4 Å². The molecule has 0 bridgehead atoms. The number of nitriles is 1. The number of nitrogens with zero attached hydrogens (tertiary/aromatic N) is 1. The molecule has 0 saturated heterocycles. The highest BCUT2D eigenvalue weighted by Gasteiger charge is 2.72. The first-order valence-corrected chi connectivity index (χ1v) is 15.7. The minimum Gasteiger partial charge on any atom is -0.356 e. The zero-order valence-electron chi connectivity index (χ0n) is 25.4. The van der Waals surface area contributed by atoms with Gasteiger partial charge in [0.05, 0.1) is 11.0 Å². The van der Waals surface area contributed by atoms with Crippen molar-refractivity contribution in [3.63, 3.8) is 0 Å². The van der Waals surface area contributed by atoms with E-state index in [2.05, 4.69) is 52.9 Å². The molecule has 5 nitrogen and oxygen atoms in total. The molecule has 5 heteroatoms. The van der Waals surface area contributed by atoms with Gasteiger partial charge in [0.1, 0.15) is 11.9 Å². The third kappa shape index (κ3) is 3.86. The first-order chi connectivity index (χ1) is 18.2. The predicted octanol–water partition coefficient (Wildman–Crippen LogP) is 6.81. The molecule has 9 atom stereocenters. The van der Waals surface area contributed by atoms with Gasteiger partial charge in [-0.15, -0.1) is 0 Å². The third-order valence-corrected chi connectivity index (χ3v) is 13.4. The predicted molar refractivity (Wildman–Crippen MR) is 152 cm³/mol. The Morgan fingerprint density at radius 3 is 2.38 bits per heavy atom. The first kappa shape index (κ1) is 28.6. The molecule has 0 heterocycles. The third-order valence-electron chi connectivity index (χ3n) is 13.4. The standard InChI is InChI=1S/C34H50N2O3/c1-8-9-16-36-29(39)34-14-12-30(3,4)19-24(34)27-25(37)17-26-31(5)18-22(20-35)28(38)21(2)23(31)10-11-32(26,6)33(27,7)13-15-34/h18,21,23-24,26-27H,8-17,19H2,1-7H3,(H,36,39)/t21-,23-,24?,26+,27?,31?,32+,33+,34-/m0/s1. The van der Waals surface area contributed by atoms with Crippen molar-refractivity contribution in [2.45, 2.75) is 113 Å². The van der Waals surface area contributed by atoms with E-state index in [4.69, 9.17) is 0 Å². The summed E-state index contributed by atoms with van der Waals surface area (Å²) in [7, 11) is 0. The van der Waals surface area contributed by atoms with Crippen LogP contribution in [0, 0.1) is 68.0 Å². The minimum atomic E-state index is -0.451. The molecule has 214 valence electrons. The van der Waals surface area contributed by atoms with Crippen LogP contribution in [0.25, 0.3) is 0 Å². The van der Waals surface area contributed by atoms with Gasteiger partial charge in [0.2, 0.25) is 5.91 Å². The normalized spacial score (nSPS) is 46.5. The van der Waals surface area contributed by atoms with E-state index in [-0.39, 0.29) is 68.5 Å². The van der Waals surface area contributed by atoms with Gasteiger partial charge in [-0.05, 0) is 90.8 Å². The van der Waals surface area contributed by atoms with E-state index < -0.39 is 5.41 Å². The summed E-state index contributed by atoms with van der Waals surface area (Å²) in [6.07, 6.45) is 11.0. The number of hydrogen-bond donors (Lipinski definition) is 1. The second-order valence-electron chi connectivity index (χ2n) is 15.6. The van der Waals surface area contributed by atoms with Crippen LogP contribution >= 0.6 is 0 Å². The highest BCUT2D eigenvalue weighted by Crippen LogP contribution is 2.75. The summed E-state index contributed by atoms with van der Waals surface area (Å²) in [4.78, 5) is 41.5. The van der Waals surface area contributed by atoms with Crippen LogP contribution in [0.2, 0.25) is 0 Å². The highest BCUT2D eigenvalue weighted by molar-refractivity contribution is 6.02. The molecule has 5 aliphatic rings. The summed E-state index contributed by atoms with van der Waals surface area (Å²) in [5, 5.41) is 13.1. The van der Waals surface area contributed by atoms with Crippen molar-refractivity contribution in [1.29, 1.82) is 5.26 Å². The monoisotopic (exact) mass is 534 g/mol. The zero-order valence-corrected chi connectivity index (χ0v) is 25.4. The van der Waals surface area contributed by atoms with Crippen LogP contribution in [0.4, 0.5) is 0 Å². The molecule has 5 rings (SSSR count). The van der Waals surface area contributed by atoms with Crippen LogP contribution in [0.3, 0.4) is 0 Å². The van der Waals surface area contributed by atoms with Gasteiger partial charge in [-0.3, -0.25) is 14.4 Å². The quantitative estimate of drug-likeness (QED) is 0.401. The fourth-order valence-electron chi connectivity index (χ4n) is 10.9. The van der Waals surface area contributed by atoms with Crippen molar-refractivity contribution in [3.05, 3.63) is 11.6 Å². The fourth-order valence-corrected chi connectivity index (χ4v) is 10.9. The Morgan fingerprint density at radius 2 is 1.72 bits per heavy atom. The number of amides is 1. The van der Waals surface area contributed by atoms with Gasteiger partial charge < -0.3 is 5.32 Å². The molecule has 0 aromatic heterocycles. The molecule has 0 spiro atoms. The lowest BCUT2D eigenvalue weighted by Crippen LogP contribution is -2.69. The van der Waals surface area contributed by atoms with Gasteiger partial charge in [-0.25, -0.2) is 0 Å². The van der Waals surface area contributed by atoms with E-state index in [1.54, 1.807) is 0 Å². The highest BCUT2D eigenvalue weighted by atomic mass is 16.2. The van der Waals surface area contributed by atoms with Gasteiger partial charge >= 0.3 is 0 Å². The van der Waals surface area contributed by atoms with Crippen molar-refractivity contribution in [2.75, 3.05) is 6.54 Å². The number of unbranched alkanes of at least 4 members (excludes halogenated alkanes) is 1. The topological polar surface area (TPSA) is 87.0 Å². The summed E-state index contributed by atoms with van der Waals surface area (Å²) in [5.41, 5.74) is -0.718. The van der Waals surface area contributed by atoms with Gasteiger partial charge in [0, 0.05) is 24.8 Å². The van der Waals surface area contributed by atoms with Crippen LogP contribution in [-0.4, -0.2) is 24.0 Å². The average Bonchev–Trinajstić information content (AvgIpc) is 2.87. The SMILES string of the molecule is CCCCNC(=O)[C@]12CCC(C)(C)CC1C1C(=O)C[C@@H]3C4(C)C=C(C#N)C(=O)[C@@H](C)[C@@H]4CC[C@@]3(C)[C@]1(C)CC2. The Hall–Kier alpha value is -1.96. The summed E-state index contributed by atoms with van der Waals surface area (Å²) >= 11 is 0. The maximum Gasteiger partial charge on any atom is 0.226 e. The lowest BCUT2D eigenvalue weighted by atomic mass is 9.32. The smallest absolute Gasteiger partial charge is 0.226 e. The molecular formula is C34H50N2O3. The fraction of sp³-hybridized carbons (Fsp3) is 0.824. The number of nitrogens with one attached hydrogen (secondary N) is 1. The average molecular weight is 535 g/mol. The number of allylic oxidation sites excluding steroid dienone is 2. The molecule has 4 saturated carbocycles. The van der Waals surface area contributed by atoms with Crippen LogP contribution < -0.4 is 5.32 Å². The molecule has 0 radical (unpaired) electrons. The second-order valence-corrected chi connectivity index (χ2v) is 15.6. The van der Waals surface area contributed by atoms with E-state index >= 15 is 0 Å². The largest absolute Gasteiger partial charge is 0.356 e. The van der Waals surface area contributed by atoms with Crippen molar-refractivity contribution >= 4 is 17.5 Å². The Labute approximate surface area is 235 Å². The van der Waals surface area contributed by atoms with Gasteiger partial charge in [-0.2, -0.15) is 5.26 Å². The lowest BCUT2D eigenvalue weighted by Gasteiger charge is -2.71. The number of ketones is 2. The molecule has 0 aromatic rings. The van der Waals surface area contributed by atoms with E-state index in [0.717, 1.165) is 57.8 Å². The Morgan fingerprint density at radius 1 is 1.03 bits per heavy atom. The zero-order chi connectivity index (χ0) is 28.6.